The molecule has 0 unspecified atom stereocenters. The quantitative estimate of drug-likeness (QED) is 0.525. The van der Waals surface area contributed by atoms with Crippen molar-refractivity contribution in [3.8, 4) is 0 Å². The van der Waals surface area contributed by atoms with Gasteiger partial charge in [0, 0.05) is 35.4 Å². The Bertz CT molecular complexity index is 1150. The summed E-state index contributed by atoms with van der Waals surface area (Å²) in [5.41, 5.74) is 5.63. The van der Waals surface area contributed by atoms with Crippen LogP contribution in [0.15, 0.2) is 66.9 Å². The van der Waals surface area contributed by atoms with Crippen molar-refractivity contribution in [2.24, 2.45) is 0 Å². The van der Waals surface area contributed by atoms with Crippen LogP contribution in [0, 0.1) is 5.82 Å². The number of aromatic nitrogens is 2. The molecule has 1 aromatic heterocycles. The zero-order valence-electron chi connectivity index (χ0n) is 15.0. The van der Waals surface area contributed by atoms with Crippen LogP contribution in [0.4, 0.5) is 27.1 Å². The van der Waals surface area contributed by atoms with Crippen molar-refractivity contribution in [2.45, 2.75) is 0 Å². The molecule has 5 nitrogen and oxygen atoms in total. The van der Waals surface area contributed by atoms with Crippen LogP contribution in [0.25, 0.3) is 10.9 Å². The van der Waals surface area contributed by atoms with Gasteiger partial charge < -0.3 is 9.80 Å². The van der Waals surface area contributed by atoms with Gasteiger partial charge in [0.2, 0.25) is 0 Å². The molecule has 138 valence electrons. The van der Waals surface area contributed by atoms with E-state index < -0.39 is 0 Å². The topological polar surface area (TPSA) is 52.2 Å². The van der Waals surface area contributed by atoms with Gasteiger partial charge in [0.25, 0.3) is 0 Å². The Labute approximate surface area is 161 Å². The summed E-state index contributed by atoms with van der Waals surface area (Å²) < 4.78 is 13.4. The summed E-state index contributed by atoms with van der Waals surface area (Å²) in [6.45, 7) is 1.50. The van der Waals surface area contributed by atoms with E-state index in [1.807, 2.05) is 24.3 Å². The molecule has 0 fully saturated rings. The van der Waals surface area contributed by atoms with Gasteiger partial charge in [-0.2, -0.15) is 5.10 Å². The first-order chi connectivity index (χ1) is 13.7. The monoisotopic (exact) mass is 372 g/mol. The summed E-state index contributed by atoms with van der Waals surface area (Å²) in [5.74, 6) is -0.247. The number of hydrogen-bond acceptors (Lipinski definition) is 4. The summed E-state index contributed by atoms with van der Waals surface area (Å²) in [7, 11) is 0. The molecule has 28 heavy (non-hydrogen) atoms. The number of benzene rings is 3. The van der Waals surface area contributed by atoms with Crippen molar-refractivity contribution in [1.82, 2.24) is 10.2 Å². The minimum atomic E-state index is -0.247. The van der Waals surface area contributed by atoms with E-state index in [-0.39, 0.29) is 5.82 Å². The SMILES string of the molecule is O=Cc1ccc(N2CCN(c3ccc(F)cc3)c3cc4cn[nH]c4cc32)cc1. The van der Waals surface area contributed by atoms with Crippen molar-refractivity contribution in [3.63, 3.8) is 0 Å². The van der Waals surface area contributed by atoms with Gasteiger partial charge in [-0.3, -0.25) is 9.89 Å². The molecule has 0 bridgehead atoms. The Morgan fingerprint density at radius 1 is 0.893 bits per heavy atom. The number of nitrogens with zero attached hydrogens (tertiary/aromatic N) is 3. The molecule has 1 aliphatic rings. The number of fused-ring (bicyclic) bond motifs is 2. The average molecular weight is 372 g/mol. The number of aldehydes is 1. The molecule has 2 heterocycles. The molecular weight excluding hydrogens is 355 g/mol. The summed E-state index contributed by atoms with van der Waals surface area (Å²) in [6, 6.07) is 18.3. The molecule has 0 spiro atoms. The highest BCUT2D eigenvalue weighted by atomic mass is 19.1. The van der Waals surface area contributed by atoms with Crippen LogP contribution in [-0.2, 0) is 0 Å². The fourth-order valence-electron chi connectivity index (χ4n) is 3.73. The lowest BCUT2D eigenvalue weighted by molar-refractivity contribution is 0.112. The van der Waals surface area contributed by atoms with Crippen LogP contribution in [0.3, 0.4) is 0 Å². The molecule has 1 N–H and O–H groups in total. The Morgan fingerprint density at radius 3 is 2.14 bits per heavy atom. The van der Waals surface area contributed by atoms with Gasteiger partial charge in [0.1, 0.15) is 12.1 Å². The van der Waals surface area contributed by atoms with Crippen molar-refractivity contribution < 1.29 is 9.18 Å². The molecule has 0 saturated carbocycles. The maximum absolute atomic E-state index is 13.4. The molecule has 6 heteroatoms. The lowest BCUT2D eigenvalue weighted by Crippen LogP contribution is -2.36. The molecule has 1 aliphatic heterocycles. The van der Waals surface area contributed by atoms with Crippen molar-refractivity contribution in [2.75, 3.05) is 22.9 Å². The molecule has 3 aromatic carbocycles. The first-order valence-electron chi connectivity index (χ1n) is 9.06. The van der Waals surface area contributed by atoms with E-state index in [0.717, 1.165) is 53.0 Å². The second-order valence-corrected chi connectivity index (χ2v) is 6.79. The van der Waals surface area contributed by atoms with Gasteiger partial charge in [0.05, 0.1) is 23.1 Å². The number of nitrogens with one attached hydrogen (secondary N) is 1. The van der Waals surface area contributed by atoms with Gasteiger partial charge in [-0.1, -0.05) is 0 Å². The van der Waals surface area contributed by atoms with E-state index in [2.05, 4.69) is 32.1 Å². The third kappa shape index (κ3) is 2.70. The third-order valence-electron chi connectivity index (χ3n) is 5.14. The van der Waals surface area contributed by atoms with Crippen molar-refractivity contribution in [3.05, 3.63) is 78.2 Å². The molecule has 0 radical (unpaired) electrons. The predicted octanol–water partition coefficient (Wildman–Crippen LogP) is 4.80. The summed E-state index contributed by atoms with van der Waals surface area (Å²) in [5, 5.41) is 8.20. The average Bonchev–Trinajstić information content (AvgIpc) is 3.20. The smallest absolute Gasteiger partial charge is 0.150 e. The van der Waals surface area contributed by atoms with E-state index >= 15 is 0 Å². The number of H-pyrrole nitrogens is 1. The van der Waals surface area contributed by atoms with Gasteiger partial charge in [-0.25, -0.2) is 4.39 Å². The van der Waals surface area contributed by atoms with Crippen LogP contribution in [0.1, 0.15) is 10.4 Å². The van der Waals surface area contributed by atoms with E-state index in [1.54, 1.807) is 18.3 Å². The van der Waals surface area contributed by atoms with Gasteiger partial charge in [-0.15, -0.1) is 0 Å². The summed E-state index contributed by atoms with van der Waals surface area (Å²) in [4.78, 5) is 15.4. The number of hydrogen-bond donors (Lipinski definition) is 1. The first kappa shape index (κ1) is 16.5. The fourth-order valence-corrected chi connectivity index (χ4v) is 3.73. The van der Waals surface area contributed by atoms with Gasteiger partial charge >= 0.3 is 0 Å². The highest BCUT2D eigenvalue weighted by Crippen LogP contribution is 2.43. The molecule has 0 atom stereocenters. The maximum atomic E-state index is 13.4. The van der Waals surface area contributed by atoms with Crippen molar-refractivity contribution >= 4 is 39.9 Å². The number of halogens is 1. The fraction of sp³-hybridized carbons (Fsp3) is 0.0909. The van der Waals surface area contributed by atoms with Crippen LogP contribution in [0.2, 0.25) is 0 Å². The highest BCUT2D eigenvalue weighted by molar-refractivity contribution is 5.94. The van der Waals surface area contributed by atoms with E-state index in [4.69, 9.17) is 0 Å². The molecular formula is C22H17FN4O. The minimum absolute atomic E-state index is 0.247. The molecule has 0 amide bonds. The second-order valence-electron chi connectivity index (χ2n) is 6.79. The van der Waals surface area contributed by atoms with E-state index in [9.17, 15) is 9.18 Å². The standard InChI is InChI=1S/C22H17FN4O/c23-17-3-7-19(8-4-17)26-9-10-27(18-5-1-15(14-28)2-6-18)22-12-20-16(11-21(22)26)13-24-25-20/h1-8,11-14H,9-10H2,(H,24,25). The highest BCUT2D eigenvalue weighted by Gasteiger charge is 2.25. The van der Waals surface area contributed by atoms with Gasteiger partial charge in [-0.05, 0) is 60.7 Å². The van der Waals surface area contributed by atoms with Crippen molar-refractivity contribution in [1.29, 1.82) is 0 Å². The molecule has 0 saturated heterocycles. The first-order valence-corrected chi connectivity index (χ1v) is 9.06. The number of anilines is 4. The summed E-state index contributed by atoms with van der Waals surface area (Å²) in [6.07, 6.45) is 2.65. The third-order valence-corrected chi connectivity index (χ3v) is 5.14. The predicted molar refractivity (Wildman–Crippen MR) is 108 cm³/mol. The zero-order chi connectivity index (χ0) is 19.1. The van der Waals surface area contributed by atoms with Crippen LogP contribution < -0.4 is 9.80 Å². The second kappa shape index (κ2) is 6.49. The Balaban J connectivity index is 1.65. The number of carbonyl (C=O) groups excluding carboxylic acids is 1. The number of carbonyl (C=O) groups is 1. The van der Waals surface area contributed by atoms with Crippen LogP contribution in [0.5, 0.6) is 0 Å². The minimum Gasteiger partial charge on any atom is -0.338 e. The Hall–Kier alpha value is -3.67. The normalized spacial score (nSPS) is 13.6. The molecule has 0 aliphatic carbocycles. The van der Waals surface area contributed by atoms with E-state index in [0.29, 0.717) is 5.56 Å². The Kier molecular flexibility index (Phi) is 3.83. The Morgan fingerprint density at radius 2 is 1.50 bits per heavy atom. The van der Waals surface area contributed by atoms with E-state index in [1.165, 1.54) is 12.1 Å². The molecule has 5 rings (SSSR count). The summed E-state index contributed by atoms with van der Waals surface area (Å²) >= 11 is 0. The van der Waals surface area contributed by atoms with Crippen LogP contribution >= 0.6 is 0 Å². The van der Waals surface area contributed by atoms with Gasteiger partial charge in [0.15, 0.2) is 0 Å². The zero-order valence-corrected chi connectivity index (χ0v) is 15.0. The van der Waals surface area contributed by atoms with Crippen LogP contribution in [-0.4, -0.2) is 29.6 Å². The maximum Gasteiger partial charge on any atom is 0.150 e. The number of aromatic amines is 1. The lowest BCUT2D eigenvalue weighted by atomic mass is 10.1. The largest absolute Gasteiger partial charge is 0.338 e. The molecule has 4 aromatic rings. The lowest BCUT2D eigenvalue weighted by Gasteiger charge is -2.39. The number of rotatable bonds is 3.